The number of nitrogens with zero attached hydrogens (tertiary/aromatic N) is 1. The molecule has 0 saturated heterocycles. The van der Waals surface area contributed by atoms with Crippen LogP contribution in [0.2, 0.25) is 0 Å². The lowest BCUT2D eigenvalue weighted by Crippen LogP contribution is -2.08. The fourth-order valence-electron chi connectivity index (χ4n) is 1.14. The van der Waals surface area contributed by atoms with Crippen molar-refractivity contribution in [3.63, 3.8) is 0 Å². The van der Waals surface area contributed by atoms with E-state index in [-0.39, 0.29) is 5.97 Å². The Hall–Kier alpha value is -0.940. The third-order valence-electron chi connectivity index (χ3n) is 1.85. The van der Waals surface area contributed by atoms with E-state index in [1.807, 2.05) is 7.05 Å². The van der Waals surface area contributed by atoms with Gasteiger partial charge in [0.25, 0.3) is 0 Å². The molecule has 0 atom stereocenters. The second kappa shape index (κ2) is 6.53. The lowest BCUT2D eigenvalue weighted by atomic mass is 10.3. The normalized spacial score (nSPS) is 10.3. The van der Waals surface area contributed by atoms with Crippen LogP contribution >= 0.6 is 11.3 Å². The standard InChI is InChI=1S/C10H16N2O2S/c1-3-14-10(13)8-7-15-9(12-8)5-4-6-11-2/h7,11H,3-6H2,1-2H3. The van der Waals surface area contributed by atoms with Gasteiger partial charge in [0.1, 0.15) is 0 Å². The topological polar surface area (TPSA) is 51.2 Å². The zero-order chi connectivity index (χ0) is 11.1. The van der Waals surface area contributed by atoms with Gasteiger partial charge in [-0.05, 0) is 26.9 Å². The van der Waals surface area contributed by atoms with Crippen molar-refractivity contribution in [1.29, 1.82) is 0 Å². The highest BCUT2D eigenvalue weighted by molar-refractivity contribution is 7.09. The highest BCUT2D eigenvalue weighted by Crippen LogP contribution is 2.12. The molecule has 0 radical (unpaired) electrons. The summed E-state index contributed by atoms with van der Waals surface area (Å²) in [7, 11) is 1.92. The van der Waals surface area contributed by atoms with E-state index < -0.39 is 0 Å². The van der Waals surface area contributed by atoms with Gasteiger partial charge in [-0.2, -0.15) is 0 Å². The molecule has 1 aromatic rings. The zero-order valence-corrected chi connectivity index (χ0v) is 9.89. The predicted octanol–water partition coefficient (Wildman–Crippen LogP) is 1.47. The van der Waals surface area contributed by atoms with Gasteiger partial charge in [0.15, 0.2) is 5.69 Å². The van der Waals surface area contributed by atoms with Crippen molar-refractivity contribution in [2.24, 2.45) is 0 Å². The van der Waals surface area contributed by atoms with Gasteiger partial charge in [-0.15, -0.1) is 11.3 Å². The Labute approximate surface area is 93.7 Å². The smallest absolute Gasteiger partial charge is 0.357 e. The largest absolute Gasteiger partial charge is 0.461 e. The van der Waals surface area contributed by atoms with E-state index in [0.29, 0.717) is 12.3 Å². The monoisotopic (exact) mass is 228 g/mol. The number of hydrogen-bond donors (Lipinski definition) is 1. The van der Waals surface area contributed by atoms with Crippen LogP contribution in [0.25, 0.3) is 0 Å². The number of rotatable bonds is 6. The number of hydrogen-bond acceptors (Lipinski definition) is 5. The van der Waals surface area contributed by atoms with Crippen molar-refractivity contribution in [2.45, 2.75) is 19.8 Å². The molecule has 0 unspecified atom stereocenters. The van der Waals surface area contributed by atoms with E-state index in [2.05, 4.69) is 10.3 Å². The van der Waals surface area contributed by atoms with Crippen molar-refractivity contribution in [1.82, 2.24) is 10.3 Å². The molecule has 1 aromatic heterocycles. The third-order valence-corrected chi connectivity index (χ3v) is 2.76. The second-order valence-electron chi connectivity index (χ2n) is 3.05. The minimum atomic E-state index is -0.325. The summed E-state index contributed by atoms with van der Waals surface area (Å²) in [5.41, 5.74) is 0.432. The predicted molar refractivity (Wildman–Crippen MR) is 60.3 cm³/mol. The summed E-state index contributed by atoms with van der Waals surface area (Å²) in [6.45, 7) is 3.15. The first-order valence-electron chi connectivity index (χ1n) is 5.04. The van der Waals surface area contributed by atoms with E-state index in [4.69, 9.17) is 4.74 Å². The maximum Gasteiger partial charge on any atom is 0.357 e. The molecule has 1 heterocycles. The Kier molecular flexibility index (Phi) is 5.28. The molecule has 15 heavy (non-hydrogen) atoms. The number of aromatic nitrogens is 1. The van der Waals surface area contributed by atoms with Crippen LogP contribution in [0.3, 0.4) is 0 Å². The third kappa shape index (κ3) is 3.97. The lowest BCUT2D eigenvalue weighted by molar-refractivity contribution is 0.0520. The fraction of sp³-hybridized carbons (Fsp3) is 0.600. The molecule has 0 saturated carbocycles. The lowest BCUT2D eigenvalue weighted by Gasteiger charge is -1.97. The number of carbonyl (C=O) groups is 1. The van der Waals surface area contributed by atoms with Crippen LogP contribution in [0.4, 0.5) is 0 Å². The first-order valence-corrected chi connectivity index (χ1v) is 5.92. The molecular formula is C10H16N2O2S. The highest BCUT2D eigenvalue weighted by Gasteiger charge is 2.10. The molecule has 1 rings (SSSR count). The van der Waals surface area contributed by atoms with Crippen LogP contribution in [0.5, 0.6) is 0 Å². The van der Waals surface area contributed by atoms with Crippen molar-refractivity contribution < 1.29 is 9.53 Å². The summed E-state index contributed by atoms with van der Waals surface area (Å²) in [6.07, 6.45) is 1.94. The van der Waals surface area contributed by atoms with Crippen molar-refractivity contribution in [3.05, 3.63) is 16.1 Å². The Balaban J connectivity index is 2.45. The van der Waals surface area contributed by atoms with Crippen LogP contribution < -0.4 is 5.32 Å². The van der Waals surface area contributed by atoms with Crippen LogP contribution in [0.1, 0.15) is 28.8 Å². The Bertz CT molecular complexity index is 312. The summed E-state index contributed by atoms with van der Waals surface area (Å²) < 4.78 is 4.86. The van der Waals surface area contributed by atoms with E-state index >= 15 is 0 Å². The molecule has 0 aliphatic rings. The van der Waals surface area contributed by atoms with E-state index in [0.717, 1.165) is 24.4 Å². The van der Waals surface area contributed by atoms with Gasteiger partial charge < -0.3 is 10.1 Å². The van der Waals surface area contributed by atoms with E-state index in [9.17, 15) is 4.79 Å². The summed E-state index contributed by atoms with van der Waals surface area (Å²) >= 11 is 1.51. The molecule has 84 valence electrons. The minimum absolute atomic E-state index is 0.325. The van der Waals surface area contributed by atoms with Gasteiger partial charge in [-0.1, -0.05) is 0 Å². The van der Waals surface area contributed by atoms with Crippen molar-refractivity contribution >= 4 is 17.3 Å². The highest BCUT2D eigenvalue weighted by atomic mass is 32.1. The SMILES string of the molecule is CCOC(=O)c1csc(CCCNC)n1. The molecule has 0 bridgehead atoms. The number of aryl methyl sites for hydroxylation is 1. The zero-order valence-electron chi connectivity index (χ0n) is 9.08. The summed E-state index contributed by atoms with van der Waals surface area (Å²) in [5, 5.41) is 5.82. The molecule has 0 aliphatic heterocycles. The second-order valence-corrected chi connectivity index (χ2v) is 4.00. The quantitative estimate of drug-likeness (QED) is 0.592. The number of thiazole rings is 1. The number of esters is 1. The van der Waals surface area contributed by atoms with Crippen LogP contribution in [-0.4, -0.2) is 31.2 Å². The van der Waals surface area contributed by atoms with Crippen LogP contribution in [0, 0.1) is 0 Å². The Morgan fingerprint density at radius 1 is 1.67 bits per heavy atom. The molecule has 0 spiro atoms. The maximum atomic E-state index is 11.3. The average Bonchev–Trinajstić information content (AvgIpc) is 2.67. The van der Waals surface area contributed by atoms with Gasteiger partial charge in [0, 0.05) is 11.8 Å². The van der Waals surface area contributed by atoms with Crippen molar-refractivity contribution in [3.8, 4) is 0 Å². The van der Waals surface area contributed by atoms with E-state index in [1.54, 1.807) is 12.3 Å². The molecule has 0 amide bonds. The molecule has 0 aliphatic carbocycles. The maximum absolute atomic E-state index is 11.3. The average molecular weight is 228 g/mol. The number of ether oxygens (including phenoxy) is 1. The first kappa shape index (κ1) is 12.1. The summed E-state index contributed by atoms with van der Waals surface area (Å²) in [5.74, 6) is -0.325. The van der Waals surface area contributed by atoms with Crippen molar-refractivity contribution in [2.75, 3.05) is 20.2 Å². The molecule has 4 nitrogen and oxygen atoms in total. The van der Waals surface area contributed by atoms with Crippen LogP contribution in [0.15, 0.2) is 5.38 Å². The van der Waals surface area contributed by atoms with Gasteiger partial charge >= 0.3 is 5.97 Å². The molecule has 0 aromatic carbocycles. The van der Waals surface area contributed by atoms with Crippen LogP contribution in [-0.2, 0) is 11.2 Å². The van der Waals surface area contributed by atoms with Gasteiger partial charge in [-0.3, -0.25) is 0 Å². The Morgan fingerprint density at radius 2 is 2.47 bits per heavy atom. The molecule has 5 heteroatoms. The molecular weight excluding hydrogens is 212 g/mol. The summed E-state index contributed by atoms with van der Waals surface area (Å²) in [6, 6.07) is 0. The first-order chi connectivity index (χ1) is 7.27. The Morgan fingerprint density at radius 3 is 3.13 bits per heavy atom. The minimum Gasteiger partial charge on any atom is -0.461 e. The van der Waals surface area contributed by atoms with Gasteiger partial charge in [-0.25, -0.2) is 9.78 Å². The number of carbonyl (C=O) groups excluding carboxylic acids is 1. The fourth-order valence-corrected chi connectivity index (χ4v) is 1.95. The summed E-state index contributed by atoms with van der Waals surface area (Å²) in [4.78, 5) is 15.5. The number of nitrogens with one attached hydrogen (secondary N) is 1. The van der Waals surface area contributed by atoms with E-state index in [1.165, 1.54) is 11.3 Å². The molecule has 0 fully saturated rings. The van der Waals surface area contributed by atoms with Gasteiger partial charge in [0.2, 0.25) is 0 Å². The molecule has 1 N–H and O–H groups in total. The van der Waals surface area contributed by atoms with Gasteiger partial charge in [0.05, 0.1) is 11.6 Å².